The molecule has 0 unspecified atom stereocenters. The third-order valence-electron chi connectivity index (χ3n) is 4.89. The first kappa shape index (κ1) is 16.1. The van der Waals surface area contributed by atoms with Crippen molar-refractivity contribution in [2.45, 2.75) is 59.8 Å². The van der Waals surface area contributed by atoms with Crippen LogP contribution in [0.5, 0.6) is 0 Å². The van der Waals surface area contributed by atoms with E-state index in [0.29, 0.717) is 5.41 Å². The molecule has 2 heterocycles. The van der Waals surface area contributed by atoms with Gasteiger partial charge in [-0.1, -0.05) is 33.6 Å². The normalized spacial score (nSPS) is 17.8. The molecule has 4 heteroatoms. The van der Waals surface area contributed by atoms with E-state index in [0.717, 1.165) is 44.1 Å². The van der Waals surface area contributed by atoms with Crippen LogP contribution in [-0.4, -0.2) is 29.6 Å². The highest BCUT2D eigenvalue weighted by molar-refractivity contribution is 5.59. The number of anilines is 2. The number of nitrogens with zero attached hydrogens (tertiary/aromatic N) is 3. The van der Waals surface area contributed by atoms with E-state index in [4.69, 9.17) is 0 Å². The molecule has 4 nitrogen and oxygen atoms in total. The number of nitrogens with one attached hydrogen (secondary N) is 1. The second kappa shape index (κ2) is 7.10. The van der Waals surface area contributed by atoms with Gasteiger partial charge < -0.3 is 10.2 Å². The van der Waals surface area contributed by atoms with Gasteiger partial charge in [0.2, 0.25) is 0 Å². The van der Waals surface area contributed by atoms with Crippen LogP contribution in [0, 0.1) is 5.41 Å². The smallest absolute Gasteiger partial charge is 0.137 e. The van der Waals surface area contributed by atoms with Crippen molar-refractivity contribution in [1.29, 1.82) is 0 Å². The van der Waals surface area contributed by atoms with Gasteiger partial charge in [-0.25, -0.2) is 9.97 Å². The first-order valence-electron chi connectivity index (χ1n) is 8.46. The fourth-order valence-electron chi connectivity index (χ4n) is 3.09. The van der Waals surface area contributed by atoms with Crippen molar-refractivity contribution in [2.24, 2.45) is 5.41 Å². The van der Waals surface area contributed by atoms with Crippen LogP contribution in [-0.2, 0) is 6.42 Å². The molecule has 1 saturated heterocycles. The van der Waals surface area contributed by atoms with Crippen molar-refractivity contribution in [3.63, 3.8) is 0 Å². The minimum absolute atomic E-state index is 0.513. The number of hydrogen-bond donors (Lipinski definition) is 1. The van der Waals surface area contributed by atoms with Gasteiger partial charge in [0.25, 0.3) is 0 Å². The first-order chi connectivity index (χ1) is 10.1. The Bertz CT molecular complexity index is 450. The Labute approximate surface area is 129 Å². The van der Waals surface area contributed by atoms with Gasteiger partial charge in [-0.3, -0.25) is 0 Å². The van der Waals surface area contributed by atoms with Crippen molar-refractivity contribution in [1.82, 2.24) is 9.97 Å². The molecule has 1 fully saturated rings. The molecule has 118 valence electrons. The largest absolute Gasteiger partial charge is 0.370 e. The molecule has 21 heavy (non-hydrogen) atoms. The van der Waals surface area contributed by atoms with Crippen LogP contribution in [0.3, 0.4) is 0 Å². The van der Waals surface area contributed by atoms with Crippen LogP contribution in [0.4, 0.5) is 11.6 Å². The lowest BCUT2D eigenvalue weighted by molar-refractivity contribution is 0.237. The summed E-state index contributed by atoms with van der Waals surface area (Å²) in [5.41, 5.74) is 1.81. The van der Waals surface area contributed by atoms with E-state index < -0.39 is 0 Å². The molecule has 1 N–H and O–H groups in total. The lowest BCUT2D eigenvalue weighted by Crippen LogP contribution is -2.39. The van der Waals surface area contributed by atoms with Gasteiger partial charge in [0, 0.05) is 25.2 Å². The third kappa shape index (κ3) is 3.66. The summed E-state index contributed by atoms with van der Waals surface area (Å²) < 4.78 is 0. The zero-order chi connectivity index (χ0) is 15.3. The zero-order valence-corrected chi connectivity index (χ0v) is 14.1. The molecule has 1 aliphatic heterocycles. The van der Waals surface area contributed by atoms with E-state index in [2.05, 4.69) is 47.9 Å². The Morgan fingerprint density at radius 2 is 1.90 bits per heavy atom. The monoisotopic (exact) mass is 290 g/mol. The molecule has 1 aromatic heterocycles. The summed E-state index contributed by atoms with van der Waals surface area (Å²) in [6.45, 7) is 12.2. The molecule has 0 amide bonds. The molecule has 0 atom stereocenters. The predicted octanol–water partition coefficient (Wildman–Crippen LogP) is 3.88. The van der Waals surface area contributed by atoms with Crippen LogP contribution in [0.1, 0.15) is 58.9 Å². The van der Waals surface area contributed by atoms with Crippen molar-refractivity contribution < 1.29 is 0 Å². The molecule has 0 aliphatic carbocycles. The average Bonchev–Trinajstić information content (AvgIpc) is 2.50. The Balaban J connectivity index is 2.21. The zero-order valence-electron chi connectivity index (χ0n) is 14.1. The van der Waals surface area contributed by atoms with Crippen LogP contribution >= 0.6 is 0 Å². The lowest BCUT2D eigenvalue weighted by atomic mass is 9.78. The Morgan fingerprint density at radius 3 is 2.48 bits per heavy atom. The van der Waals surface area contributed by atoms with Crippen LogP contribution in [0.2, 0.25) is 0 Å². The summed E-state index contributed by atoms with van der Waals surface area (Å²) in [6, 6.07) is 0. The van der Waals surface area contributed by atoms with Crippen molar-refractivity contribution in [3.05, 3.63) is 11.9 Å². The maximum Gasteiger partial charge on any atom is 0.137 e. The van der Waals surface area contributed by atoms with Gasteiger partial charge in [0.15, 0.2) is 0 Å². The van der Waals surface area contributed by atoms with Gasteiger partial charge >= 0.3 is 0 Å². The summed E-state index contributed by atoms with van der Waals surface area (Å²) >= 11 is 0. The van der Waals surface area contributed by atoms with Crippen molar-refractivity contribution >= 4 is 11.6 Å². The van der Waals surface area contributed by atoms with Gasteiger partial charge in [-0.2, -0.15) is 0 Å². The fraction of sp³-hybridized carbons (Fsp3) is 0.765. The van der Waals surface area contributed by atoms with Crippen molar-refractivity contribution in [3.8, 4) is 0 Å². The maximum absolute atomic E-state index is 4.61. The highest BCUT2D eigenvalue weighted by Crippen LogP contribution is 2.36. The van der Waals surface area contributed by atoms with E-state index in [1.165, 1.54) is 24.8 Å². The number of rotatable bonds is 6. The summed E-state index contributed by atoms with van der Waals surface area (Å²) in [5, 5.41) is 3.39. The molecule has 0 spiro atoms. The molecule has 2 rings (SSSR count). The van der Waals surface area contributed by atoms with E-state index >= 15 is 0 Å². The number of aromatic nitrogens is 2. The highest BCUT2D eigenvalue weighted by Gasteiger charge is 2.30. The Kier molecular flexibility index (Phi) is 5.43. The van der Waals surface area contributed by atoms with E-state index in [1.807, 2.05) is 0 Å². The Hall–Kier alpha value is -1.32. The molecule has 0 bridgehead atoms. The maximum atomic E-state index is 4.61. The molecule has 0 saturated carbocycles. The number of piperidine rings is 1. The quantitative estimate of drug-likeness (QED) is 0.863. The lowest BCUT2D eigenvalue weighted by Gasteiger charge is -2.40. The van der Waals surface area contributed by atoms with E-state index in [9.17, 15) is 0 Å². The Morgan fingerprint density at radius 1 is 1.19 bits per heavy atom. The van der Waals surface area contributed by atoms with Gasteiger partial charge in [-0.05, 0) is 31.6 Å². The average molecular weight is 290 g/mol. The minimum atomic E-state index is 0.513. The molecule has 0 aromatic carbocycles. The van der Waals surface area contributed by atoms with Crippen LogP contribution < -0.4 is 10.2 Å². The fourth-order valence-corrected chi connectivity index (χ4v) is 3.09. The van der Waals surface area contributed by atoms with Gasteiger partial charge in [0.05, 0.1) is 0 Å². The molecular weight excluding hydrogens is 260 g/mol. The third-order valence-corrected chi connectivity index (χ3v) is 4.89. The van der Waals surface area contributed by atoms with Crippen LogP contribution in [0.25, 0.3) is 0 Å². The minimum Gasteiger partial charge on any atom is -0.370 e. The molecule has 1 aromatic rings. The second-order valence-corrected chi connectivity index (χ2v) is 6.46. The summed E-state index contributed by atoms with van der Waals surface area (Å²) in [6.07, 6.45) is 7.67. The summed E-state index contributed by atoms with van der Waals surface area (Å²) in [5.74, 6) is 2.18. The standard InChI is InChI=1S/C17H30N4/c1-5-8-14-15(18-7-3)19-13-20-16(14)21-11-9-17(4,6-2)10-12-21/h13H,5-12H2,1-4H3,(H,18,19,20). The van der Waals surface area contributed by atoms with Gasteiger partial charge in [-0.15, -0.1) is 0 Å². The van der Waals surface area contributed by atoms with Crippen LogP contribution in [0.15, 0.2) is 6.33 Å². The van der Waals surface area contributed by atoms with Gasteiger partial charge in [0.1, 0.15) is 18.0 Å². The molecule has 1 aliphatic rings. The number of hydrogen-bond acceptors (Lipinski definition) is 4. The topological polar surface area (TPSA) is 41.1 Å². The predicted molar refractivity (Wildman–Crippen MR) is 90.0 cm³/mol. The SMILES string of the molecule is CCCc1c(NCC)ncnc1N1CCC(C)(CC)CC1. The first-order valence-corrected chi connectivity index (χ1v) is 8.46. The summed E-state index contributed by atoms with van der Waals surface area (Å²) in [4.78, 5) is 11.5. The highest BCUT2D eigenvalue weighted by atomic mass is 15.2. The molecular formula is C17H30N4. The summed E-state index contributed by atoms with van der Waals surface area (Å²) in [7, 11) is 0. The molecule has 0 radical (unpaired) electrons. The van der Waals surface area contributed by atoms with Crippen molar-refractivity contribution in [2.75, 3.05) is 29.9 Å². The van der Waals surface area contributed by atoms with E-state index in [-0.39, 0.29) is 0 Å². The van der Waals surface area contributed by atoms with E-state index in [1.54, 1.807) is 6.33 Å². The second-order valence-electron chi connectivity index (χ2n) is 6.46.